The molecular formula is C17H14O3. The van der Waals surface area contributed by atoms with Crippen LogP contribution in [0.2, 0.25) is 0 Å². The maximum atomic E-state index is 11.1. The second-order valence-corrected chi connectivity index (χ2v) is 4.59. The fourth-order valence-corrected chi connectivity index (χ4v) is 2.32. The topological polar surface area (TPSA) is 39.4 Å². The number of fused-ring (bicyclic) bond motifs is 1. The normalized spacial score (nSPS) is 10.7. The van der Waals surface area contributed by atoms with E-state index in [-0.39, 0.29) is 0 Å². The summed E-state index contributed by atoms with van der Waals surface area (Å²) in [6.45, 7) is 0. The molecule has 1 heterocycles. The minimum atomic E-state index is 0.615. The van der Waals surface area contributed by atoms with E-state index in [0.29, 0.717) is 23.3 Å². The molecule has 1 aromatic heterocycles. The number of hydrogen-bond acceptors (Lipinski definition) is 3. The number of rotatable bonds is 4. The van der Waals surface area contributed by atoms with Crippen molar-refractivity contribution in [1.82, 2.24) is 0 Å². The van der Waals surface area contributed by atoms with Gasteiger partial charge < -0.3 is 9.15 Å². The van der Waals surface area contributed by atoms with Crippen LogP contribution in [0.4, 0.5) is 0 Å². The van der Waals surface area contributed by atoms with Gasteiger partial charge in [-0.1, -0.05) is 30.3 Å². The first-order valence-electron chi connectivity index (χ1n) is 6.40. The van der Waals surface area contributed by atoms with Crippen LogP contribution in [-0.2, 0) is 6.42 Å². The molecule has 0 spiro atoms. The van der Waals surface area contributed by atoms with Crippen molar-refractivity contribution in [3.63, 3.8) is 0 Å². The minimum absolute atomic E-state index is 0.615. The summed E-state index contributed by atoms with van der Waals surface area (Å²) < 4.78 is 11.1. The first-order chi connectivity index (χ1) is 9.81. The van der Waals surface area contributed by atoms with Crippen molar-refractivity contribution in [3.05, 3.63) is 65.4 Å². The van der Waals surface area contributed by atoms with Crippen molar-refractivity contribution >= 4 is 17.3 Å². The van der Waals surface area contributed by atoms with Crippen molar-refractivity contribution in [1.29, 1.82) is 0 Å². The molecule has 0 saturated carbocycles. The van der Waals surface area contributed by atoms with E-state index in [2.05, 4.69) is 0 Å². The fraction of sp³-hybridized carbons (Fsp3) is 0.118. The second-order valence-electron chi connectivity index (χ2n) is 4.59. The molecule has 3 rings (SSSR count). The van der Waals surface area contributed by atoms with Crippen LogP contribution in [0.15, 0.2) is 52.9 Å². The second kappa shape index (κ2) is 5.21. The van der Waals surface area contributed by atoms with E-state index in [1.165, 1.54) is 0 Å². The van der Waals surface area contributed by atoms with Gasteiger partial charge >= 0.3 is 0 Å². The first kappa shape index (κ1) is 12.5. The SMILES string of the molecule is COc1ccc(C=O)c2cc(Cc3ccccc3)oc12. The number of ether oxygens (including phenoxy) is 1. The van der Waals surface area contributed by atoms with E-state index < -0.39 is 0 Å². The van der Waals surface area contributed by atoms with Gasteiger partial charge in [0.15, 0.2) is 17.6 Å². The van der Waals surface area contributed by atoms with Gasteiger partial charge in [0.1, 0.15) is 5.76 Å². The largest absolute Gasteiger partial charge is 0.493 e. The summed E-state index contributed by atoms with van der Waals surface area (Å²) in [4.78, 5) is 11.1. The van der Waals surface area contributed by atoms with Gasteiger partial charge in [0, 0.05) is 17.4 Å². The zero-order chi connectivity index (χ0) is 13.9. The molecule has 20 heavy (non-hydrogen) atoms. The van der Waals surface area contributed by atoms with Crippen LogP contribution >= 0.6 is 0 Å². The number of carbonyl (C=O) groups excluding carboxylic acids is 1. The molecule has 0 bridgehead atoms. The van der Waals surface area contributed by atoms with Gasteiger partial charge in [0.25, 0.3) is 0 Å². The van der Waals surface area contributed by atoms with Crippen molar-refractivity contribution in [2.24, 2.45) is 0 Å². The van der Waals surface area contributed by atoms with Crippen molar-refractivity contribution in [3.8, 4) is 5.75 Å². The van der Waals surface area contributed by atoms with Crippen LogP contribution in [0, 0.1) is 0 Å². The molecule has 3 nitrogen and oxygen atoms in total. The lowest BCUT2D eigenvalue weighted by Gasteiger charge is -2.01. The summed E-state index contributed by atoms with van der Waals surface area (Å²) in [5.74, 6) is 1.46. The quantitative estimate of drug-likeness (QED) is 0.673. The molecule has 0 fully saturated rings. The standard InChI is InChI=1S/C17H14O3/c1-19-16-8-7-13(11-18)15-10-14(20-17(15)16)9-12-5-3-2-4-6-12/h2-8,10-11H,9H2,1H3. The summed E-state index contributed by atoms with van der Waals surface area (Å²) >= 11 is 0. The Bertz CT molecular complexity index is 742. The number of furan rings is 1. The van der Waals surface area contributed by atoms with E-state index in [4.69, 9.17) is 9.15 Å². The maximum absolute atomic E-state index is 11.1. The minimum Gasteiger partial charge on any atom is -0.493 e. The number of aldehydes is 1. The highest BCUT2D eigenvalue weighted by atomic mass is 16.5. The van der Waals surface area contributed by atoms with Crippen molar-refractivity contribution in [2.45, 2.75) is 6.42 Å². The number of benzene rings is 2. The average Bonchev–Trinajstić information content (AvgIpc) is 2.90. The van der Waals surface area contributed by atoms with Gasteiger partial charge in [0.05, 0.1) is 7.11 Å². The lowest BCUT2D eigenvalue weighted by atomic mass is 10.1. The van der Waals surface area contributed by atoms with Crippen molar-refractivity contribution in [2.75, 3.05) is 7.11 Å². The van der Waals surface area contributed by atoms with E-state index >= 15 is 0 Å². The summed E-state index contributed by atoms with van der Waals surface area (Å²) in [5, 5.41) is 0.797. The Labute approximate surface area is 116 Å². The lowest BCUT2D eigenvalue weighted by molar-refractivity contribution is 0.112. The van der Waals surface area contributed by atoms with Gasteiger partial charge in [-0.15, -0.1) is 0 Å². The third-order valence-corrected chi connectivity index (χ3v) is 3.30. The van der Waals surface area contributed by atoms with Gasteiger partial charge in [0.2, 0.25) is 0 Å². The van der Waals surface area contributed by atoms with E-state index in [0.717, 1.165) is 23.0 Å². The molecule has 0 aliphatic heterocycles. The predicted molar refractivity (Wildman–Crippen MR) is 77.4 cm³/mol. The van der Waals surface area contributed by atoms with Gasteiger partial charge in [-0.3, -0.25) is 4.79 Å². The van der Waals surface area contributed by atoms with Crippen LogP contribution in [0.3, 0.4) is 0 Å². The number of carbonyl (C=O) groups is 1. The Morgan fingerprint density at radius 2 is 1.95 bits per heavy atom. The fourth-order valence-electron chi connectivity index (χ4n) is 2.32. The van der Waals surface area contributed by atoms with Crippen LogP contribution in [-0.4, -0.2) is 13.4 Å². The molecule has 0 aliphatic carbocycles. The summed E-state index contributed by atoms with van der Waals surface area (Å²) in [6.07, 6.45) is 1.53. The lowest BCUT2D eigenvalue weighted by Crippen LogP contribution is -1.86. The maximum Gasteiger partial charge on any atom is 0.176 e. The molecule has 3 aromatic rings. The highest BCUT2D eigenvalue weighted by Gasteiger charge is 2.12. The number of methoxy groups -OCH3 is 1. The summed E-state index contributed by atoms with van der Waals surface area (Å²) in [6, 6.07) is 15.5. The Morgan fingerprint density at radius 1 is 1.15 bits per heavy atom. The van der Waals surface area contributed by atoms with Crippen molar-refractivity contribution < 1.29 is 13.9 Å². The zero-order valence-corrected chi connectivity index (χ0v) is 11.1. The van der Waals surface area contributed by atoms with Crippen LogP contribution in [0.25, 0.3) is 11.0 Å². The molecule has 3 heteroatoms. The van der Waals surface area contributed by atoms with Crippen LogP contribution in [0.5, 0.6) is 5.75 Å². The highest BCUT2D eigenvalue weighted by molar-refractivity contribution is 5.98. The molecule has 0 radical (unpaired) electrons. The Kier molecular flexibility index (Phi) is 3.25. The molecule has 0 unspecified atom stereocenters. The molecule has 0 aliphatic rings. The molecule has 2 aromatic carbocycles. The van der Waals surface area contributed by atoms with Crippen LogP contribution in [0.1, 0.15) is 21.7 Å². The van der Waals surface area contributed by atoms with Gasteiger partial charge in [-0.25, -0.2) is 0 Å². The molecule has 0 saturated heterocycles. The molecule has 0 atom stereocenters. The zero-order valence-electron chi connectivity index (χ0n) is 11.1. The Hall–Kier alpha value is -2.55. The molecule has 100 valence electrons. The first-order valence-corrected chi connectivity index (χ1v) is 6.40. The third kappa shape index (κ3) is 2.18. The van der Waals surface area contributed by atoms with Gasteiger partial charge in [-0.2, -0.15) is 0 Å². The number of hydrogen-bond donors (Lipinski definition) is 0. The Balaban J connectivity index is 2.07. The summed E-state index contributed by atoms with van der Waals surface area (Å²) in [5.41, 5.74) is 2.41. The average molecular weight is 266 g/mol. The van der Waals surface area contributed by atoms with E-state index in [9.17, 15) is 4.79 Å². The smallest absolute Gasteiger partial charge is 0.176 e. The Morgan fingerprint density at radius 3 is 2.65 bits per heavy atom. The molecular weight excluding hydrogens is 252 g/mol. The molecule has 0 N–H and O–H groups in total. The monoisotopic (exact) mass is 266 g/mol. The van der Waals surface area contributed by atoms with Crippen LogP contribution < -0.4 is 4.74 Å². The van der Waals surface area contributed by atoms with E-state index in [1.807, 2.05) is 36.4 Å². The van der Waals surface area contributed by atoms with Gasteiger partial charge in [-0.05, 0) is 23.8 Å². The predicted octanol–water partition coefficient (Wildman–Crippen LogP) is 3.84. The summed E-state index contributed by atoms with van der Waals surface area (Å²) in [7, 11) is 1.59. The highest BCUT2D eigenvalue weighted by Crippen LogP contribution is 2.31. The van der Waals surface area contributed by atoms with E-state index in [1.54, 1.807) is 19.2 Å². The third-order valence-electron chi connectivity index (χ3n) is 3.30. The molecule has 0 amide bonds.